The molecule has 0 fully saturated rings. The Morgan fingerprint density at radius 3 is 3.22 bits per heavy atom. The second-order valence-electron chi connectivity index (χ2n) is 4.20. The highest BCUT2D eigenvalue weighted by molar-refractivity contribution is 7.99. The lowest BCUT2D eigenvalue weighted by Crippen LogP contribution is -2.29. The van der Waals surface area contributed by atoms with Crippen LogP contribution in [-0.4, -0.2) is 21.6 Å². The van der Waals surface area contributed by atoms with Crippen molar-refractivity contribution < 1.29 is 4.79 Å². The van der Waals surface area contributed by atoms with Crippen molar-refractivity contribution in [1.82, 2.24) is 15.3 Å². The quantitative estimate of drug-likeness (QED) is 0.885. The second-order valence-corrected chi connectivity index (χ2v) is 5.26. The lowest BCUT2D eigenvalue weighted by Gasteiger charge is -2.10. The van der Waals surface area contributed by atoms with Gasteiger partial charge in [-0.05, 0) is 11.6 Å². The minimum atomic E-state index is -0.0332. The number of carbonyl (C=O) groups excluding carboxylic acids is 1. The van der Waals surface area contributed by atoms with Crippen LogP contribution in [0.3, 0.4) is 0 Å². The monoisotopic (exact) mass is 259 g/mol. The first kappa shape index (κ1) is 11.3. The second kappa shape index (κ2) is 4.86. The molecule has 1 atom stereocenters. The molecule has 1 aromatic heterocycles. The van der Waals surface area contributed by atoms with Crippen molar-refractivity contribution in [3.05, 3.63) is 48.0 Å². The van der Waals surface area contributed by atoms with Crippen LogP contribution < -0.4 is 5.32 Å². The molecule has 1 aliphatic heterocycles. The van der Waals surface area contributed by atoms with Gasteiger partial charge in [-0.3, -0.25) is 4.79 Å². The number of imidazole rings is 1. The van der Waals surface area contributed by atoms with E-state index >= 15 is 0 Å². The number of hydrogen-bond donors (Lipinski definition) is 2. The molecule has 1 amide bonds. The van der Waals surface area contributed by atoms with E-state index in [2.05, 4.69) is 21.4 Å². The van der Waals surface area contributed by atoms with Crippen molar-refractivity contribution in [3.63, 3.8) is 0 Å². The molecule has 3 rings (SSSR count). The molecule has 4 nitrogen and oxygen atoms in total. The van der Waals surface area contributed by atoms with Gasteiger partial charge in [0.15, 0.2) is 0 Å². The largest absolute Gasteiger partial charge is 0.350 e. The number of benzene rings is 1. The molecule has 5 heteroatoms. The molecular weight excluding hydrogens is 246 g/mol. The normalized spacial score (nSPS) is 17.4. The van der Waals surface area contributed by atoms with Crippen molar-refractivity contribution in [1.29, 1.82) is 0 Å². The van der Waals surface area contributed by atoms with Gasteiger partial charge in [-0.2, -0.15) is 0 Å². The molecule has 0 bridgehead atoms. The summed E-state index contributed by atoms with van der Waals surface area (Å²) < 4.78 is 0. The van der Waals surface area contributed by atoms with Gasteiger partial charge >= 0.3 is 0 Å². The molecular formula is C13H13N3OS. The van der Waals surface area contributed by atoms with E-state index in [1.807, 2.05) is 18.2 Å². The zero-order chi connectivity index (χ0) is 12.4. The van der Waals surface area contributed by atoms with Crippen LogP contribution in [0.4, 0.5) is 0 Å². The van der Waals surface area contributed by atoms with Crippen LogP contribution in [0.2, 0.25) is 0 Å². The third-order valence-electron chi connectivity index (χ3n) is 3.02. The van der Waals surface area contributed by atoms with E-state index < -0.39 is 0 Å². The Labute approximate surface area is 109 Å². The van der Waals surface area contributed by atoms with Crippen molar-refractivity contribution in [3.8, 4) is 0 Å². The van der Waals surface area contributed by atoms with Crippen molar-refractivity contribution >= 4 is 17.7 Å². The smallest absolute Gasteiger partial charge is 0.228 e. The Bertz CT molecular complexity index is 553. The van der Waals surface area contributed by atoms with Gasteiger partial charge < -0.3 is 10.3 Å². The maximum Gasteiger partial charge on any atom is 0.228 e. The van der Waals surface area contributed by atoms with E-state index in [9.17, 15) is 4.79 Å². The lowest BCUT2D eigenvalue weighted by atomic mass is 10.0. The fraction of sp³-hybridized carbons (Fsp3) is 0.231. The summed E-state index contributed by atoms with van der Waals surface area (Å²) in [6, 6.07) is 8.11. The number of nitrogens with one attached hydrogen (secondary N) is 2. The minimum Gasteiger partial charge on any atom is -0.350 e. The van der Waals surface area contributed by atoms with E-state index in [1.54, 1.807) is 24.3 Å². The number of aromatic amines is 1. The summed E-state index contributed by atoms with van der Waals surface area (Å²) in [5.74, 6) is 0.880. The minimum absolute atomic E-state index is 0.0332. The number of aromatic nitrogens is 2. The Morgan fingerprint density at radius 1 is 1.50 bits per heavy atom. The van der Waals surface area contributed by atoms with Crippen molar-refractivity contribution in [2.45, 2.75) is 17.4 Å². The molecule has 0 spiro atoms. The summed E-state index contributed by atoms with van der Waals surface area (Å²) in [7, 11) is 0. The molecule has 0 radical (unpaired) electrons. The third-order valence-corrected chi connectivity index (χ3v) is 4.21. The van der Waals surface area contributed by atoms with Crippen LogP contribution in [0.15, 0.2) is 41.7 Å². The van der Waals surface area contributed by atoms with Crippen molar-refractivity contribution in [2.75, 3.05) is 5.75 Å². The number of hydrogen-bond acceptors (Lipinski definition) is 3. The van der Waals surface area contributed by atoms with Gasteiger partial charge in [0.2, 0.25) is 5.91 Å². The van der Waals surface area contributed by atoms with Gasteiger partial charge in [0.05, 0.1) is 24.5 Å². The average molecular weight is 259 g/mol. The Balaban J connectivity index is 1.67. The van der Waals surface area contributed by atoms with Crippen LogP contribution in [0.25, 0.3) is 0 Å². The maximum atomic E-state index is 12.1. The van der Waals surface area contributed by atoms with Crippen molar-refractivity contribution in [2.24, 2.45) is 0 Å². The zero-order valence-electron chi connectivity index (χ0n) is 9.72. The van der Waals surface area contributed by atoms with Crippen LogP contribution in [0.1, 0.15) is 17.2 Å². The molecule has 0 saturated carbocycles. The molecule has 1 aromatic carbocycles. The lowest BCUT2D eigenvalue weighted by molar-refractivity contribution is -0.122. The number of fused-ring (bicyclic) bond motifs is 1. The summed E-state index contributed by atoms with van der Waals surface area (Å²) in [5.41, 5.74) is 2.06. The first-order chi connectivity index (χ1) is 8.84. The number of H-pyrrole nitrogens is 1. The van der Waals surface area contributed by atoms with Gasteiger partial charge in [0.25, 0.3) is 0 Å². The number of amides is 1. The predicted octanol–water partition coefficient (Wildman–Crippen LogP) is 1.92. The SMILES string of the molecule is O=C(NCc1cnc[nH]1)C1CSc2ccccc21. The molecule has 2 aromatic rings. The highest BCUT2D eigenvalue weighted by atomic mass is 32.2. The summed E-state index contributed by atoms with van der Waals surface area (Å²) in [4.78, 5) is 20.3. The molecule has 0 aliphatic carbocycles. The molecule has 2 N–H and O–H groups in total. The third kappa shape index (κ3) is 2.13. The van der Waals surface area contributed by atoms with Gasteiger partial charge in [-0.15, -0.1) is 11.8 Å². The van der Waals surface area contributed by atoms with Crippen LogP contribution in [-0.2, 0) is 11.3 Å². The number of carbonyl (C=O) groups is 1. The fourth-order valence-corrected chi connectivity index (χ4v) is 3.30. The molecule has 1 unspecified atom stereocenters. The number of thioether (sulfide) groups is 1. The zero-order valence-corrected chi connectivity index (χ0v) is 10.5. The first-order valence-corrected chi connectivity index (χ1v) is 6.80. The van der Waals surface area contributed by atoms with Gasteiger partial charge in [0, 0.05) is 16.8 Å². The Hall–Kier alpha value is -1.75. The van der Waals surface area contributed by atoms with E-state index in [0.29, 0.717) is 6.54 Å². The van der Waals surface area contributed by atoms with Gasteiger partial charge in [0.1, 0.15) is 0 Å². The predicted molar refractivity (Wildman–Crippen MR) is 70.3 cm³/mol. The number of rotatable bonds is 3. The van der Waals surface area contributed by atoms with Gasteiger partial charge in [-0.1, -0.05) is 18.2 Å². The van der Waals surface area contributed by atoms with Gasteiger partial charge in [-0.25, -0.2) is 4.98 Å². The van der Waals surface area contributed by atoms with E-state index in [1.165, 1.54) is 4.90 Å². The standard InChI is InChI=1S/C13H13N3OS/c17-13(15-6-9-5-14-8-16-9)11-7-18-12-4-2-1-3-10(11)12/h1-5,8,11H,6-7H2,(H,14,16)(H,15,17). The summed E-state index contributed by atoms with van der Waals surface area (Å²) >= 11 is 1.75. The highest BCUT2D eigenvalue weighted by Crippen LogP contribution is 2.39. The van der Waals surface area contributed by atoms with E-state index in [0.717, 1.165) is 17.0 Å². The maximum absolute atomic E-state index is 12.1. The Kier molecular flexibility index (Phi) is 3.06. The summed E-state index contributed by atoms with van der Waals surface area (Å²) in [6.07, 6.45) is 3.33. The number of nitrogens with zero attached hydrogens (tertiary/aromatic N) is 1. The fourth-order valence-electron chi connectivity index (χ4n) is 2.07. The topological polar surface area (TPSA) is 57.8 Å². The van der Waals surface area contributed by atoms with Crippen LogP contribution in [0, 0.1) is 0 Å². The van der Waals surface area contributed by atoms with Crippen LogP contribution >= 0.6 is 11.8 Å². The first-order valence-electron chi connectivity index (χ1n) is 5.81. The van der Waals surface area contributed by atoms with Crippen LogP contribution in [0.5, 0.6) is 0 Å². The molecule has 1 aliphatic rings. The summed E-state index contributed by atoms with van der Waals surface area (Å²) in [6.45, 7) is 0.502. The molecule has 0 saturated heterocycles. The highest BCUT2D eigenvalue weighted by Gasteiger charge is 2.28. The van der Waals surface area contributed by atoms with E-state index in [4.69, 9.17) is 0 Å². The molecule has 92 valence electrons. The molecule has 2 heterocycles. The average Bonchev–Trinajstić information content (AvgIpc) is 3.05. The van der Waals surface area contributed by atoms with E-state index in [-0.39, 0.29) is 11.8 Å². The summed E-state index contributed by atoms with van der Waals surface area (Å²) in [5, 5.41) is 2.94. The Morgan fingerprint density at radius 2 is 2.39 bits per heavy atom. The molecule has 18 heavy (non-hydrogen) atoms.